The summed E-state index contributed by atoms with van der Waals surface area (Å²) in [7, 11) is 1.62. The van der Waals surface area contributed by atoms with Crippen LogP contribution in [0.2, 0.25) is 0 Å². The molecular weight excluding hydrogens is 250 g/mol. The van der Waals surface area contributed by atoms with Crippen molar-refractivity contribution in [2.24, 2.45) is 0 Å². The molecule has 0 atom stereocenters. The number of nitrogens with zero attached hydrogens (tertiary/aromatic N) is 2. The molecule has 0 saturated carbocycles. The maximum absolute atomic E-state index is 9.20. The van der Waals surface area contributed by atoms with Crippen molar-refractivity contribution in [3.8, 4) is 24.2 Å². The minimum absolute atomic E-state index is 0.354. The third-order valence-corrected chi connectivity index (χ3v) is 3.62. The van der Waals surface area contributed by atoms with Gasteiger partial charge in [-0.1, -0.05) is 12.0 Å². The molecular formula is C16H19N3O. The summed E-state index contributed by atoms with van der Waals surface area (Å²) in [6.45, 7) is 2.68. The Morgan fingerprint density at radius 3 is 2.80 bits per heavy atom. The zero-order valence-corrected chi connectivity index (χ0v) is 11.7. The fraction of sp³-hybridized carbons (Fsp3) is 0.438. The number of likely N-dealkylation sites (tertiary alicyclic amines) is 1. The molecule has 1 aromatic carbocycles. The zero-order valence-electron chi connectivity index (χ0n) is 11.7. The fourth-order valence-electron chi connectivity index (χ4n) is 2.51. The summed E-state index contributed by atoms with van der Waals surface area (Å²) in [5, 5.41) is 12.7. The molecule has 1 heterocycles. The van der Waals surface area contributed by atoms with Crippen molar-refractivity contribution in [2.75, 3.05) is 32.1 Å². The predicted octanol–water partition coefficient (Wildman–Crippen LogP) is 2.08. The third kappa shape index (κ3) is 3.23. The molecule has 0 unspecified atom stereocenters. The smallest absolute Gasteiger partial charge is 0.143 e. The molecule has 0 amide bonds. The van der Waals surface area contributed by atoms with Crippen molar-refractivity contribution in [1.29, 1.82) is 5.26 Å². The van der Waals surface area contributed by atoms with Gasteiger partial charge in [-0.2, -0.15) is 5.26 Å². The molecule has 104 valence electrons. The number of nitrogens with one attached hydrogen (secondary N) is 1. The first-order chi connectivity index (χ1) is 9.78. The Kier molecular flexibility index (Phi) is 4.87. The van der Waals surface area contributed by atoms with Gasteiger partial charge in [-0.3, -0.25) is 4.90 Å². The van der Waals surface area contributed by atoms with Crippen LogP contribution in [0.1, 0.15) is 18.4 Å². The van der Waals surface area contributed by atoms with Crippen LogP contribution >= 0.6 is 0 Å². The monoisotopic (exact) mass is 269 g/mol. The minimum Gasteiger partial charge on any atom is -0.495 e. The first kappa shape index (κ1) is 14.2. The number of hydrogen-bond donors (Lipinski definition) is 1. The number of terminal acetylenes is 1. The Bertz CT molecular complexity index is 534. The molecule has 4 nitrogen and oxygen atoms in total. The van der Waals surface area contributed by atoms with E-state index in [1.807, 2.05) is 12.1 Å². The van der Waals surface area contributed by atoms with Crippen LogP contribution in [0.4, 0.5) is 5.69 Å². The van der Waals surface area contributed by atoms with Gasteiger partial charge in [-0.05, 0) is 25.0 Å². The van der Waals surface area contributed by atoms with E-state index in [0.29, 0.717) is 18.2 Å². The van der Waals surface area contributed by atoms with Crippen molar-refractivity contribution >= 4 is 5.69 Å². The van der Waals surface area contributed by atoms with E-state index in [0.717, 1.165) is 37.4 Å². The highest BCUT2D eigenvalue weighted by Crippen LogP contribution is 2.30. The van der Waals surface area contributed by atoms with Crippen molar-refractivity contribution < 1.29 is 4.74 Å². The highest BCUT2D eigenvalue weighted by molar-refractivity contribution is 5.66. The lowest BCUT2D eigenvalue weighted by Crippen LogP contribution is -2.39. The van der Waals surface area contributed by atoms with E-state index < -0.39 is 0 Å². The molecule has 1 saturated heterocycles. The Balaban J connectivity index is 2.05. The standard InChI is InChI=1S/C16H19N3O/c1-3-9-19-10-7-14(8-11-19)18-16-13(12-17)5-4-6-15(16)20-2/h1,4-6,14,18H,7-11H2,2H3. The number of benzene rings is 1. The van der Waals surface area contributed by atoms with Gasteiger partial charge in [0.25, 0.3) is 0 Å². The van der Waals surface area contributed by atoms with E-state index >= 15 is 0 Å². The second-order valence-electron chi connectivity index (χ2n) is 4.89. The summed E-state index contributed by atoms with van der Waals surface area (Å²) in [6.07, 6.45) is 7.37. The molecule has 0 aromatic heterocycles. The molecule has 2 rings (SSSR count). The van der Waals surface area contributed by atoms with Crippen molar-refractivity contribution in [1.82, 2.24) is 4.90 Å². The van der Waals surface area contributed by atoms with Gasteiger partial charge in [0.15, 0.2) is 0 Å². The van der Waals surface area contributed by atoms with Crippen molar-refractivity contribution in [3.63, 3.8) is 0 Å². The average molecular weight is 269 g/mol. The van der Waals surface area contributed by atoms with E-state index in [2.05, 4.69) is 22.2 Å². The van der Waals surface area contributed by atoms with Crippen molar-refractivity contribution in [2.45, 2.75) is 18.9 Å². The number of methoxy groups -OCH3 is 1. The molecule has 0 radical (unpaired) electrons. The SMILES string of the molecule is C#CCN1CCC(Nc2c(C#N)cccc2OC)CC1. The first-order valence-corrected chi connectivity index (χ1v) is 6.78. The lowest BCUT2D eigenvalue weighted by molar-refractivity contribution is 0.243. The van der Waals surface area contributed by atoms with Gasteiger partial charge in [0, 0.05) is 19.1 Å². The van der Waals surface area contributed by atoms with Gasteiger partial charge in [0.2, 0.25) is 0 Å². The Morgan fingerprint density at radius 1 is 1.45 bits per heavy atom. The zero-order chi connectivity index (χ0) is 14.4. The van der Waals surface area contributed by atoms with Crippen molar-refractivity contribution in [3.05, 3.63) is 23.8 Å². The number of anilines is 1. The van der Waals surface area contributed by atoms with Gasteiger partial charge in [0.05, 0.1) is 24.9 Å². The molecule has 1 aliphatic heterocycles. The third-order valence-electron chi connectivity index (χ3n) is 3.62. The number of nitriles is 1. The number of ether oxygens (including phenoxy) is 1. The van der Waals surface area contributed by atoms with Crippen LogP contribution in [0.25, 0.3) is 0 Å². The summed E-state index contributed by atoms with van der Waals surface area (Å²) < 4.78 is 5.34. The van der Waals surface area contributed by atoms with Crippen LogP contribution in [-0.2, 0) is 0 Å². The van der Waals surface area contributed by atoms with Gasteiger partial charge in [-0.15, -0.1) is 6.42 Å². The second-order valence-corrected chi connectivity index (χ2v) is 4.89. The fourth-order valence-corrected chi connectivity index (χ4v) is 2.51. The molecule has 1 fully saturated rings. The highest BCUT2D eigenvalue weighted by atomic mass is 16.5. The maximum Gasteiger partial charge on any atom is 0.143 e. The van der Waals surface area contributed by atoms with Crippen LogP contribution in [0.15, 0.2) is 18.2 Å². The largest absolute Gasteiger partial charge is 0.495 e. The molecule has 0 aliphatic carbocycles. The van der Waals surface area contributed by atoms with E-state index in [4.69, 9.17) is 11.2 Å². The van der Waals surface area contributed by atoms with Gasteiger partial charge in [0.1, 0.15) is 11.8 Å². The average Bonchev–Trinajstić information content (AvgIpc) is 2.49. The summed E-state index contributed by atoms with van der Waals surface area (Å²) in [5.74, 6) is 3.40. The summed E-state index contributed by atoms with van der Waals surface area (Å²) >= 11 is 0. The molecule has 1 N–H and O–H groups in total. The first-order valence-electron chi connectivity index (χ1n) is 6.78. The molecule has 4 heteroatoms. The Labute approximate surface area is 120 Å². The molecule has 1 aliphatic rings. The highest BCUT2D eigenvalue weighted by Gasteiger charge is 2.20. The van der Waals surface area contributed by atoms with E-state index in [-0.39, 0.29) is 0 Å². The lowest BCUT2D eigenvalue weighted by Gasteiger charge is -2.32. The maximum atomic E-state index is 9.20. The molecule has 0 bridgehead atoms. The van der Waals surface area contributed by atoms with E-state index in [1.54, 1.807) is 13.2 Å². The number of para-hydroxylation sites is 1. The second kappa shape index (κ2) is 6.84. The summed E-state index contributed by atoms with van der Waals surface area (Å²) in [4.78, 5) is 2.27. The number of hydrogen-bond acceptors (Lipinski definition) is 4. The molecule has 0 spiro atoms. The minimum atomic E-state index is 0.354. The van der Waals surface area contributed by atoms with E-state index in [9.17, 15) is 5.26 Å². The number of piperidine rings is 1. The quantitative estimate of drug-likeness (QED) is 0.850. The van der Waals surface area contributed by atoms with E-state index in [1.165, 1.54) is 0 Å². The number of rotatable bonds is 4. The van der Waals surface area contributed by atoms with Crippen LogP contribution in [-0.4, -0.2) is 37.7 Å². The summed E-state index contributed by atoms with van der Waals surface area (Å²) in [5.41, 5.74) is 1.42. The van der Waals surface area contributed by atoms with Crippen LogP contribution < -0.4 is 10.1 Å². The van der Waals surface area contributed by atoms with Crippen LogP contribution in [0.5, 0.6) is 5.75 Å². The Hall–Kier alpha value is -2.17. The normalized spacial score (nSPS) is 16.1. The van der Waals surface area contributed by atoms with Gasteiger partial charge >= 0.3 is 0 Å². The summed E-state index contributed by atoms with van der Waals surface area (Å²) in [6, 6.07) is 8.07. The molecule has 20 heavy (non-hydrogen) atoms. The predicted molar refractivity (Wildman–Crippen MR) is 79.6 cm³/mol. The molecule has 1 aromatic rings. The lowest BCUT2D eigenvalue weighted by atomic mass is 10.0. The van der Waals surface area contributed by atoms with Crippen LogP contribution in [0, 0.1) is 23.7 Å². The van der Waals surface area contributed by atoms with Gasteiger partial charge < -0.3 is 10.1 Å². The topological polar surface area (TPSA) is 48.3 Å². The van der Waals surface area contributed by atoms with Gasteiger partial charge in [-0.25, -0.2) is 0 Å². The van der Waals surface area contributed by atoms with Crippen LogP contribution in [0.3, 0.4) is 0 Å². The Morgan fingerprint density at radius 2 is 2.20 bits per heavy atom.